The number of hydrogen-bond acceptors (Lipinski definition) is 4. The van der Waals surface area contributed by atoms with Crippen molar-refractivity contribution in [3.8, 4) is 0 Å². The third-order valence-electron chi connectivity index (χ3n) is 4.92. The zero-order valence-electron chi connectivity index (χ0n) is 15.8. The van der Waals surface area contributed by atoms with Crippen molar-refractivity contribution in [3.63, 3.8) is 0 Å². The quantitative estimate of drug-likeness (QED) is 0.634. The van der Waals surface area contributed by atoms with Gasteiger partial charge in [-0.1, -0.05) is 0 Å². The number of fused-ring (bicyclic) bond motifs is 1. The fraction of sp³-hybridized carbons (Fsp3) is 0.650. The number of ether oxygens (including phenoxy) is 2. The van der Waals surface area contributed by atoms with Gasteiger partial charge in [-0.25, -0.2) is 0 Å². The highest BCUT2D eigenvalue weighted by Gasteiger charge is 2.24. The lowest BCUT2D eigenvalue weighted by molar-refractivity contribution is 0.190. The van der Waals surface area contributed by atoms with Gasteiger partial charge in [-0.3, -0.25) is 4.98 Å². The molecule has 25 heavy (non-hydrogen) atoms. The minimum absolute atomic E-state index is 0.302. The normalized spacial score (nSPS) is 15.8. The predicted molar refractivity (Wildman–Crippen MR) is 101 cm³/mol. The first-order valence-electron chi connectivity index (χ1n) is 9.44. The van der Waals surface area contributed by atoms with Crippen LogP contribution < -0.4 is 5.32 Å². The molecule has 1 atom stereocenters. The summed E-state index contributed by atoms with van der Waals surface area (Å²) in [6, 6.07) is 3.25. The lowest BCUT2D eigenvalue weighted by Gasteiger charge is -2.13. The van der Waals surface area contributed by atoms with E-state index in [1.165, 1.54) is 29.3 Å². The molecule has 2 aromatic heterocycles. The highest BCUT2D eigenvalue weighted by molar-refractivity contribution is 5.83. The SMILES string of the molecule is COCCCc1cn(CCCOC)c2cc(C(C)NC3CC3)ncc12. The topological polar surface area (TPSA) is 48.3 Å². The number of methoxy groups -OCH3 is 2. The Balaban J connectivity index is 1.83. The van der Waals surface area contributed by atoms with Gasteiger partial charge >= 0.3 is 0 Å². The van der Waals surface area contributed by atoms with Crippen molar-refractivity contribution in [2.45, 2.75) is 57.7 Å². The zero-order chi connectivity index (χ0) is 17.6. The van der Waals surface area contributed by atoms with Gasteiger partial charge in [-0.2, -0.15) is 0 Å². The molecule has 0 amide bonds. The van der Waals surface area contributed by atoms with Crippen LogP contribution in [0.1, 0.15) is 49.9 Å². The highest BCUT2D eigenvalue weighted by Crippen LogP contribution is 2.27. The largest absolute Gasteiger partial charge is 0.385 e. The molecule has 138 valence electrons. The van der Waals surface area contributed by atoms with E-state index < -0.39 is 0 Å². The maximum atomic E-state index is 5.22. The Hall–Kier alpha value is -1.43. The first-order chi connectivity index (χ1) is 12.2. The van der Waals surface area contributed by atoms with E-state index in [0.29, 0.717) is 12.1 Å². The van der Waals surface area contributed by atoms with Crippen LogP contribution in [-0.4, -0.2) is 43.0 Å². The van der Waals surface area contributed by atoms with E-state index in [-0.39, 0.29) is 0 Å². The minimum atomic E-state index is 0.302. The Labute approximate surface area is 150 Å². The van der Waals surface area contributed by atoms with E-state index in [2.05, 4.69) is 35.3 Å². The third-order valence-corrected chi connectivity index (χ3v) is 4.92. The van der Waals surface area contributed by atoms with Crippen LogP contribution in [-0.2, 0) is 22.4 Å². The van der Waals surface area contributed by atoms with Crippen LogP contribution in [0.25, 0.3) is 10.9 Å². The summed E-state index contributed by atoms with van der Waals surface area (Å²) >= 11 is 0. The molecule has 1 saturated carbocycles. The molecule has 2 aromatic rings. The number of nitrogens with one attached hydrogen (secondary N) is 1. The van der Waals surface area contributed by atoms with Crippen molar-refractivity contribution in [1.82, 2.24) is 14.9 Å². The molecule has 0 aliphatic heterocycles. The van der Waals surface area contributed by atoms with E-state index in [1.807, 2.05) is 0 Å². The molecular weight excluding hydrogens is 314 g/mol. The molecule has 0 radical (unpaired) electrons. The fourth-order valence-corrected chi connectivity index (χ4v) is 3.37. The van der Waals surface area contributed by atoms with Crippen molar-refractivity contribution in [2.24, 2.45) is 0 Å². The number of aryl methyl sites for hydroxylation is 2. The molecule has 1 unspecified atom stereocenters. The Morgan fingerprint density at radius 3 is 2.72 bits per heavy atom. The Bertz CT molecular complexity index is 679. The lowest BCUT2D eigenvalue weighted by atomic mass is 10.1. The number of aromatic nitrogens is 2. The molecule has 1 aliphatic rings. The molecule has 0 spiro atoms. The van der Waals surface area contributed by atoms with Crippen molar-refractivity contribution in [2.75, 3.05) is 27.4 Å². The molecule has 0 bridgehead atoms. The number of nitrogens with zero attached hydrogens (tertiary/aromatic N) is 2. The second kappa shape index (κ2) is 8.79. The highest BCUT2D eigenvalue weighted by atomic mass is 16.5. The summed E-state index contributed by atoms with van der Waals surface area (Å²) in [5.74, 6) is 0. The average Bonchev–Trinajstić information content (AvgIpc) is 3.37. The van der Waals surface area contributed by atoms with Gasteiger partial charge in [0.05, 0.1) is 11.2 Å². The van der Waals surface area contributed by atoms with Crippen LogP contribution in [0.2, 0.25) is 0 Å². The Kier molecular flexibility index (Phi) is 6.45. The monoisotopic (exact) mass is 345 g/mol. The summed E-state index contributed by atoms with van der Waals surface area (Å²) in [6.07, 6.45) is 10.0. The standard InChI is InChI=1S/C20H31N3O2/c1-15(22-17-7-8-17)19-12-20-18(13-21-19)16(6-4-10-24-2)14-23(20)9-5-11-25-3/h12-15,17,22H,4-11H2,1-3H3. The maximum Gasteiger partial charge on any atom is 0.0591 e. The van der Waals surface area contributed by atoms with Gasteiger partial charge in [0.2, 0.25) is 0 Å². The molecule has 5 heteroatoms. The van der Waals surface area contributed by atoms with Crippen molar-refractivity contribution in [3.05, 3.63) is 29.7 Å². The summed E-state index contributed by atoms with van der Waals surface area (Å²) in [5, 5.41) is 4.92. The van der Waals surface area contributed by atoms with Gasteiger partial charge in [-0.15, -0.1) is 0 Å². The molecule has 1 aliphatic carbocycles. The van der Waals surface area contributed by atoms with Crippen molar-refractivity contribution < 1.29 is 9.47 Å². The molecule has 1 N–H and O–H groups in total. The van der Waals surface area contributed by atoms with E-state index in [9.17, 15) is 0 Å². The minimum Gasteiger partial charge on any atom is -0.385 e. The summed E-state index contributed by atoms with van der Waals surface area (Å²) in [6.45, 7) is 4.77. The van der Waals surface area contributed by atoms with Crippen LogP contribution in [0.4, 0.5) is 0 Å². The van der Waals surface area contributed by atoms with Gasteiger partial charge in [0.25, 0.3) is 0 Å². The summed E-state index contributed by atoms with van der Waals surface area (Å²) in [5.41, 5.74) is 3.79. The maximum absolute atomic E-state index is 5.22. The molecule has 1 fully saturated rings. The Morgan fingerprint density at radius 1 is 1.24 bits per heavy atom. The number of pyridine rings is 1. The van der Waals surface area contributed by atoms with Gasteiger partial charge in [-0.05, 0) is 50.7 Å². The summed E-state index contributed by atoms with van der Waals surface area (Å²) < 4.78 is 12.8. The first kappa shape index (κ1) is 18.4. The molecule has 0 aromatic carbocycles. The zero-order valence-corrected chi connectivity index (χ0v) is 15.8. The lowest BCUT2D eigenvalue weighted by Crippen LogP contribution is -2.21. The average molecular weight is 345 g/mol. The van der Waals surface area contributed by atoms with E-state index in [1.54, 1.807) is 14.2 Å². The van der Waals surface area contributed by atoms with Gasteiger partial charge in [0.1, 0.15) is 0 Å². The van der Waals surface area contributed by atoms with Crippen LogP contribution in [0.5, 0.6) is 0 Å². The third kappa shape index (κ3) is 4.81. The fourth-order valence-electron chi connectivity index (χ4n) is 3.37. The van der Waals surface area contributed by atoms with E-state index in [4.69, 9.17) is 14.5 Å². The molecule has 2 heterocycles. The van der Waals surface area contributed by atoms with Crippen LogP contribution in [0, 0.1) is 0 Å². The second-order valence-corrected chi connectivity index (χ2v) is 7.08. The molecule has 0 saturated heterocycles. The Morgan fingerprint density at radius 2 is 2.00 bits per heavy atom. The van der Waals surface area contributed by atoms with E-state index >= 15 is 0 Å². The number of hydrogen-bond donors (Lipinski definition) is 1. The smallest absolute Gasteiger partial charge is 0.0591 e. The van der Waals surface area contributed by atoms with Crippen LogP contribution in [0.15, 0.2) is 18.5 Å². The molecular formula is C20H31N3O2. The van der Waals surface area contributed by atoms with Gasteiger partial charge < -0.3 is 19.4 Å². The van der Waals surface area contributed by atoms with Gasteiger partial charge in [0, 0.05) is 63.8 Å². The first-order valence-corrected chi connectivity index (χ1v) is 9.44. The summed E-state index contributed by atoms with van der Waals surface area (Å²) in [4.78, 5) is 4.75. The van der Waals surface area contributed by atoms with Crippen molar-refractivity contribution >= 4 is 10.9 Å². The van der Waals surface area contributed by atoms with Crippen LogP contribution >= 0.6 is 0 Å². The predicted octanol–water partition coefficient (Wildman–Crippen LogP) is 3.46. The van der Waals surface area contributed by atoms with Crippen LogP contribution in [0.3, 0.4) is 0 Å². The summed E-state index contributed by atoms with van der Waals surface area (Å²) in [7, 11) is 3.52. The molecule has 5 nitrogen and oxygen atoms in total. The second-order valence-electron chi connectivity index (χ2n) is 7.08. The number of rotatable bonds is 11. The van der Waals surface area contributed by atoms with Gasteiger partial charge in [0.15, 0.2) is 0 Å². The van der Waals surface area contributed by atoms with Crippen molar-refractivity contribution in [1.29, 1.82) is 0 Å². The van der Waals surface area contributed by atoms with E-state index in [0.717, 1.165) is 44.7 Å². The molecule has 3 rings (SSSR count).